The minimum Gasteiger partial charge on any atom is -0.397 e. The van der Waals surface area contributed by atoms with Crippen LogP contribution in [0.25, 0.3) is 10.9 Å². The monoisotopic (exact) mass is 271 g/mol. The fourth-order valence-electron chi connectivity index (χ4n) is 3.04. The SMILES string of the molecule is COC1CC(Nc2ccc(N)c3ncccc23)C1(C)C. The van der Waals surface area contributed by atoms with Crippen molar-refractivity contribution in [3.8, 4) is 0 Å². The van der Waals surface area contributed by atoms with Gasteiger partial charge in [-0.1, -0.05) is 13.8 Å². The quantitative estimate of drug-likeness (QED) is 0.842. The van der Waals surface area contributed by atoms with Crippen LogP contribution in [0.4, 0.5) is 11.4 Å². The van der Waals surface area contributed by atoms with Crippen LogP contribution in [-0.2, 0) is 4.74 Å². The fourth-order valence-corrected chi connectivity index (χ4v) is 3.04. The van der Waals surface area contributed by atoms with Crippen LogP contribution in [0, 0.1) is 5.41 Å². The van der Waals surface area contributed by atoms with E-state index in [1.54, 1.807) is 13.3 Å². The zero-order chi connectivity index (χ0) is 14.3. The minimum absolute atomic E-state index is 0.130. The number of methoxy groups -OCH3 is 1. The van der Waals surface area contributed by atoms with Crippen molar-refractivity contribution in [2.24, 2.45) is 5.41 Å². The Morgan fingerprint density at radius 2 is 2.15 bits per heavy atom. The van der Waals surface area contributed by atoms with Crippen LogP contribution in [0.3, 0.4) is 0 Å². The zero-order valence-corrected chi connectivity index (χ0v) is 12.2. The Labute approximate surface area is 119 Å². The molecule has 4 nitrogen and oxygen atoms in total. The summed E-state index contributed by atoms with van der Waals surface area (Å²) in [5, 5.41) is 4.70. The van der Waals surface area contributed by atoms with Gasteiger partial charge in [-0.25, -0.2) is 0 Å². The standard InChI is InChI=1S/C16H21N3O/c1-16(2)13(9-14(16)20-3)19-12-7-6-11(17)15-10(12)5-4-8-18-15/h4-8,13-14,19H,9,17H2,1-3H3. The molecular weight excluding hydrogens is 250 g/mol. The zero-order valence-electron chi connectivity index (χ0n) is 12.2. The Balaban J connectivity index is 1.91. The maximum atomic E-state index is 5.99. The Bertz CT molecular complexity index is 639. The van der Waals surface area contributed by atoms with Gasteiger partial charge in [-0.05, 0) is 30.7 Å². The molecule has 0 saturated heterocycles. The van der Waals surface area contributed by atoms with Crippen LogP contribution in [0.5, 0.6) is 0 Å². The molecule has 1 aromatic heterocycles. The van der Waals surface area contributed by atoms with Gasteiger partial charge < -0.3 is 15.8 Å². The second kappa shape index (κ2) is 4.63. The second-order valence-electron chi connectivity index (χ2n) is 6.08. The number of rotatable bonds is 3. The summed E-state index contributed by atoms with van der Waals surface area (Å²) < 4.78 is 5.50. The van der Waals surface area contributed by atoms with Gasteiger partial charge in [-0.3, -0.25) is 4.98 Å². The van der Waals surface area contributed by atoms with Crippen molar-refractivity contribution in [3.63, 3.8) is 0 Å². The number of hydrogen-bond donors (Lipinski definition) is 2. The van der Waals surface area contributed by atoms with E-state index in [9.17, 15) is 0 Å². The molecule has 1 heterocycles. The lowest BCUT2D eigenvalue weighted by Gasteiger charge is -2.51. The van der Waals surface area contributed by atoms with Gasteiger partial charge in [0.2, 0.25) is 0 Å². The number of fused-ring (bicyclic) bond motifs is 1. The van der Waals surface area contributed by atoms with E-state index in [1.807, 2.05) is 18.2 Å². The highest BCUT2D eigenvalue weighted by molar-refractivity contribution is 5.98. The van der Waals surface area contributed by atoms with Crippen LogP contribution in [0.2, 0.25) is 0 Å². The molecule has 1 aliphatic carbocycles. The fraction of sp³-hybridized carbons (Fsp3) is 0.438. The first-order chi connectivity index (χ1) is 9.54. The molecule has 2 aromatic rings. The number of hydrogen-bond acceptors (Lipinski definition) is 4. The van der Waals surface area contributed by atoms with Crippen LogP contribution >= 0.6 is 0 Å². The van der Waals surface area contributed by atoms with Crippen molar-refractivity contribution in [1.82, 2.24) is 4.98 Å². The highest BCUT2D eigenvalue weighted by Crippen LogP contribution is 2.44. The van der Waals surface area contributed by atoms with Gasteiger partial charge in [0.05, 0.1) is 17.3 Å². The van der Waals surface area contributed by atoms with Crippen LogP contribution in [0.15, 0.2) is 30.5 Å². The normalized spacial score (nSPS) is 24.4. The average Bonchev–Trinajstić information content (AvgIpc) is 2.45. The van der Waals surface area contributed by atoms with Crippen molar-refractivity contribution >= 4 is 22.3 Å². The third-order valence-corrected chi connectivity index (χ3v) is 4.59. The van der Waals surface area contributed by atoms with Gasteiger partial charge in [-0.2, -0.15) is 0 Å². The smallest absolute Gasteiger partial charge is 0.0951 e. The molecule has 2 unspecified atom stereocenters. The number of aromatic nitrogens is 1. The lowest BCUT2D eigenvalue weighted by atomic mass is 9.64. The van der Waals surface area contributed by atoms with Crippen LogP contribution in [0.1, 0.15) is 20.3 Å². The second-order valence-corrected chi connectivity index (χ2v) is 6.08. The summed E-state index contributed by atoms with van der Waals surface area (Å²) in [6, 6.07) is 8.35. The summed E-state index contributed by atoms with van der Waals surface area (Å²) in [5.74, 6) is 0. The molecule has 4 heteroatoms. The lowest BCUT2D eigenvalue weighted by Crippen LogP contribution is -2.57. The molecule has 106 valence electrons. The van der Waals surface area contributed by atoms with E-state index in [2.05, 4.69) is 30.2 Å². The Hall–Kier alpha value is -1.81. The first kappa shape index (κ1) is 13.2. The molecule has 0 aliphatic heterocycles. The highest BCUT2D eigenvalue weighted by Gasteiger charge is 2.48. The molecule has 0 bridgehead atoms. The van der Waals surface area contributed by atoms with E-state index in [0.29, 0.717) is 17.8 Å². The van der Waals surface area contributed by atoms with Gasteiger partial charge in [-0.15, -0.1) is 0 Å². The molecule has 0 amide bonds. The number of ether oxygens (including phenoxy) is 1. The minimum atomic E-state index is 0.130. The van der Waals surface area contributed by atoms with Crippen LogP contribution in [-0.4, -0.2) is 24.2 Å². The van der Waals surface area contributed by atoms with Crippen LogP contribution < -0.4 is 11.1 Å². The predicted octanol–water partition coefficient (Wildman–Crippen LogP) is 3.04. The predicted molar refractivity (Wildman–Crippen MR) is 82.8 cm³/mol. The maximum absolute atomic E-state index is 5.99. The molecule has 3 N–H and O–H groups in total. The van der Waals surface area contributed by atoms with Gasteiger partial charge in [0.25, 0.3) is 0 Å². The molecule has 1 fully saturated rings. The third-order valence-electron chi connectivity index (χ3n) is 4.59. The summed E-state index contributed by atoms with van der Waals surface area (Å²) in [7, 11) is 1.78. The van der Waals surface area contributed by atoms with Gasteiger partial charge >= 0.3 is 0 Å². The third kappa shape index (κ3) is 1.91. The Kier molecular flexibility index (Phi) is 3.05. The lowest BCUT2D eigenvalue weighted by molar-refractivity contribution is -0.0794. The van der Waals surface area contributed by atoms with E-state index < -0.39 is 0 Å². The molecule has 0 radical (unpaired) electrons. The van der Waals surface area contributed by atoms with E-state index in [4.69, 9.17) is 10.5 Å². The first-order valence-electron chi connectivity index (χ1n) is 6.96. The number of pyridine rings is 1. The van der Waals surface area contributed by atoms with Crippen molar-refractivity contribution < 1.29 is 4.74 Å². The summed E-state index contributed by atoms with van der Waals surface area (Å²) >= 11 is 0. The number of anilines is 2. The molecule has 1 aromatic carbocycles. The molecular formula is C16H21N3O. The van der Waals surface area contributed by atoms with Crippen molar-refractivity contribution in [2.75, 3.05) is 18.2 Å². The number of nitrogen functional groups attached to an aromatic ring is 1. The largest absolute Gasteiger partial charge is 0.397 e. The Morgan fingerprint density at radius 1 is 1.35 bits per heavy atom. The molecule has 0 spiro atoms. The average molecular weight is 271 g/mol. The van der Waals surface area contributed by atoms with E-state index in [-0.39, 0.29) is 5.41 Å². The van der Waals surface area contributed by atoms with Crippen molar-refractivity contribution in [1.29, 1.82) is 0 Å². The molecule has 3 rings (SSSR count). The van der Waals surface area contributed by atoms with Gasteiger partial charge in [0, 0.05) is 35.8 Å². The maximum Gasteiger partial charge on any atom is 0.0951 e. The Morgan fingerprint density at radius 3 is 2.85 bits per heavy atom. The highest BCUT2D eigenvalue weighted by atomic mass is 16.5. The number of nitrogens with zero attached hydrogens (tertiary/aromatic N) is 1. The topological polar surface area (TPSA) is 60.2 Å². The summed E-state index contributed by atoms with van der Waals surface area (Å²) in [6.07, 6.45) is 3.12. The number of nitrogens with two attached hydrogens (primary N) is 1. The van der Waals surface area contributed by atoms with Gasteiger partial charge in [0.15, 0.2) is 0 Å². The molecule has 2 atom stereocenters. The van der Waals surface area contributed by atoms with Crippen molar-refractivity contribution in [3.05, 3.63) is 30.5 Å². The molecule has 1 saturated carbocycles. The number of nitrogens with one attached hydrogen (secondary N) is 1. The summed E-state index contributed by atoms with van der Waals surface area (Å²) in [4.78, 5) is 4.37. The first-order valence-corrected chi connectivity index (χ1v) is 6.96. The molecule has 1 aliphatic rings. The van der Waals surface area contributed by atoms with E-state index >= 15 is 0 Å². The van der Waals surface area contributed by atoms with E-state index in [1.165, 1.54) is 0 Å². The molecule has 20 heavy (non-hydrogen) atoms. The summed E-state index contributed by atoms with van der Waals surface area (Å²) in [6.45, 7) is 4.47. The number of benzene rings is 1. The summed E-state index contributed by atoms with van der Waals surface area (Å²) in [5.41, 5.74) is 8.79. The van der Waals surface area contributed by atoms with Crippen molar-refractivity contribution in [2.45, 2.75) is 32.4 Å². The van der Waals surface area contributed by atoms with E-state index in [0.717, 1.165) is 23.0 Å². The van der Waals surface area contributed by atoms with Gasteiger partial charge in [0.1, 0.15) is 0 Å².